The van der Waals surface area contributed by atoms with Crippen molar-refractivity contribution in [2.45, 2.75) is 0 Å². The van der Waals surface area contributed by atoms with E-state index in [0.29, 0.717) is 4.32 Å². The third kappa shape index (κ3) is 2.28. The Morgan fingerprint density at radius 1 is 1.80 bits per heavy atom. The van der Waals surface area contributed by atoms with Crippen molar-refractivity contribution in [1.82, 2.24) is 5.48 Å². The summed E-state index contributed by atoms with van der Waals surface area (Å²) in [5, 5.41) is 0.801. The SMILES string of the molecule is NC(=S)SC1=CC=CON1. The maximum absolute atomic E-state index is 5.26. The number of thiocarbonyl (C=S) groups is 1. The molecule has 0 aromatic carbocycles. The Morgan fingerprint density at radius 2 is 2.60 bits per heavy atom. The molecule has 0 radical (unpaired) electrons. The first-order chi connectivity index (χ1) is 4.79. The van der Waals surface area contributed by atoms with E-state index >= 15 is 0 Å². The first kappa shape index (κ1) is 7.43. The second-order valence-electron chi connectivity index (χ2n) is 1.50. The lowest BCUT2D eigenvalue weighted by Crippen LogP contribution is -2.14. The van der Waals surface area contributed by atoms with Crippen LogP contribution in [0.1, 0.15) is 0 Å². The second-order valence-corrected chi connectivity index (χ2v) is 3.28. The molecule has 3 nitrogen and oxygen atoms in total. The molecule has 0 unspecified atom stereocenters. The first-order valence-corrected chi connectivity index (χ1v) is 3.77. The van der Waals surface area contributed by atoms with E-state index in [0.717, 1.165) is 5.03 Å². The van der Waals surface area contributed by atoms with Crippen molar-refractivity contribution in [1.29, 1.82) is 0 Å². The molecule has 0 aliphatic carbocycles. The number of hydrogen-bond donors (Lipinski definition) is 2. The fourth-order valence-electron chi connectivity index (χ4n) is 0.455. The topological polar surface area (TPSA) is 47.3 Å². The Bertz CT molecular complexity index is 200. The van der Waals surface area contributed by atoms with Crippen molar-refractivity contribution in [2.75, 3.05) is 0 Å². The zero-order valence-electron chi connectivity index (χ0n) is 5.03. The minimum atomic E-state index is 0.373. The highest BCUT2D eigenvalue weighted by Crippen LogP contribution is 2.14. The molecule has 0 saturated carbocycles. The third-order valence-corrected chi connectivity index (χ3v) is 1.65. The van der Waals surface area contributed by atoms with Crippen LogP contribution in [0.15, 0.2) is 23.4 Å². The molecule has 0 aromatic rings. The van der Waals surface area contributed by atoms with Gasteiger partial charge in [0.1, 0.15) is 15.6 Å². The molecular weight excluding hydrogens is 168 g/mol. The van der Waals surface area contributed by atoms with Crippen LogP contribution in [0.5, 0.6) is 0 Å². The summed E-state index contributed by atoms with van der Waals surface area (Å²) < 4.78 is 0.373. The summed E-state index contributed by atoms with van der Waals surface area (Å²) in [5.74, 6) is 0. The summed E-state index contributed by atoms with van der Waals surface area (Å²) in [7, 11) is 0. The molecule has 0 saturated heterocycles. The average Bonchev–Trinajstić information content (AvgIpc) is 1.88. The molecule has 3 N–H and O–H groups in total. The highest BCUT2D eigenvalue weighted by molar-refractivity contribution is 8.25. The molecule has 1 heterocycles. The Labute approximate surface area is 68.3 Å². The summed E-state index contributed by atoms with van der Waals surface area (Å²) in [5.41, 5.74) is 7.88. The minimum Gasteiger partial charge on any atom is -0.390 e. The van der Waals surface area contributed by atoms with E-state index in [-0.39, 0.29) is 0 Å². The smallest absolute Gasteiger partial charge is 0.137 e. The Balaban J connectivity index is 2.47. The lowest BCUT2D eigenvalue weighted by Gasteiger charge is -2.09. The zero-order valence-corrected chi connectivity index (χ0v) is 6.67. The largest absolute Gasteiger partial charge is 0.390 e. The van der Waals surface area contributed by atoms with Gasteiger partial charge in [-0.15, -0.1) is 0 Å². The number of thioether (sulfide) groups is 1. The standard InChI is InChI=1S/C5H6N2OS2/c6-5(9)10-4-2-1-3-8-7-4/h1-3,7H,(H2,6,9). The van der Waals surface area contributed by atoms with E-state index < -0.39 is 0 Å². The molecule has 0 fully saturated rings. The average molecular weight is 174 g/mol. The van der Waals surface area contributed by atoms with Gasteiger partial charge in [0.15, 0.2) is 0 Å². The summed E-state index contributed by atoms with van der Waals surface area (Å²) in [6, 6.07) is 0. The van der Waals surface area contributed by atoms with Crippen molar-refractivity contribution >= 4 is 28.3 Å². The summed E-state index contributed by atoms with van der Waals surface area (Å²) in [4.78, 5) is 4.75. The molecular formula is C5H6N2OS2. The highest BCUT2D eigenvalue weighted by atomic mass is 32.2. The van der Waals surface area contributed by atoms with E-state index in [1.807, 2.05) is 6.08 Å². The number of hydroxylamine groups is 1. The van der Waals surface area contributed by atoms with E-state index in [9.17, 15) is 0 Å². The summed E-state index contributed by atoms with van der Waals surface area (Å²) >= 11 is 5.91. The van der Waals surface area contributed by atoms with Gasteiger partial charge in [0.05, 0.1) is 0 Å². The molecule has 0 spiro atoms. The van der Waals surface area contributed by atoms with Gasteiger partial charge in [0, 0.05) is 0 Å². The Kier molecular flexibility index (Phi) is 2.58. The first-order valence-electron chi connectivity index (χ1n) is 2.55. The molecule has 0 bridgehead atoms. The van der Waals surface area contributed by atoms with E-state index in [2.05, 4.69) is 17.7 Å². The van der Waals surface area contributed by atoms with Crippen LogP contribution in [0.4, 0.5) is 0 Å². The van der Waals surface area contributed by atoms with Gasteiger partial charge in [-0.3, -0.25) is 0 Å². The van der Waals surface area contributed by atoms with Crippen molar-refractivity contribution < 1.29 is 4.84 Å². The van der Waals surface area contributed by atoms with Crippen LogP contribution in [0.3, 0.4) is 0 Å². The normalized spacial score (nSPS) is 15.0. The molecule has 0 aromatic heterocycles. The number of nitrogens with two attached hydrogens (primary N) is 1. The van der Waals surface area contributed by atoms with Gasteiger partial charge >= 0.3 is 0 Å². The Morgan fingerprint density at radius 3 is 3.10 bits per heavy atom. The van der Waals surface area contributed by atoms with Crippen molar-refractivity contribution in [3.63, 3.8) is 0 Å². The lowest BCUT2D eigenvalue weighted by molar-refractivity contribution is 0.168. The number of hydrogen-bond acceptors (Lipinski definition) is 4. The summed E-state index contributed by atoms with van der Waals surface area (Å²) in [6.45, 7) is 0. The number of rotatable bonds is 1. The monoisotopic (exact) mass is 174 g/mol. The quantitative estimate of drug-likeness (QED) is 0.577. The van der Waals surface area contributed by atoms with Crippen LogP contribution in [0, 0.1) is 0 Å². The Hall–Kier alpha value is -0.680. The van der Waals surface area contributed by atoms with Gasteiger partial charge in [-0.2, -0.15) is 0 Å². The van der Waals surface area contributed by atoms with Crippen LogP contribution in [-0.2, 0) is 4.84 Å². The lowest BCUT2D eigenvalue weighted by atomic mass is 10.6. The molecule has 0 atom stereocenters. The number of allylic oxidation sites excluding steroid dienone is 2. The highest BCUT2D eigenvalue weighted by Gasteiger charge is 2.00. The zero-order chi connectivity index (χ0) is 7.40. The maximum Gasteiger partial charge on any atom is 0.137 e. The van der Waals surface area contributed by atoms with Crippen LogP contribution >= 0.6 is 24.0 Å². The van der Waals surface area contributed by atoms with Gasteiger partial charge in [-0.05, 0) is 23.9 Å². The molecule has 0 amide bonds. The molecule has 1 aliphatic rings. The van der Waals surface area contributed by atoms with Crippen molar-refractivity contribution in [3.8, 4) is 0 Å². The van der Waals surface area contributed by atoms with Gasteiger partial charge in [-0.1, -0.05) is 12.2 Å². The van der Waals surface area contributed by atoms with E-state index in [1.54, 1.807) is 6.08 Å². The van der Waals surface area contributed by atoms with Crippen LogP contribution < -0.4 is 11.2 Å². The predicted octanol–water partition coefficient (Wildman–Crippen LogP) is 0.853. The van der Waals surface area contributed by atoms with Crippen LogP contribution in [0.25, 0.3) is 0 Å². The van der Waals surface area contributed by atoms with Crippen LogP contribution in [-0.4, -0.2) is 4.32 Å². The maximum atomic E-state index is 5.26. The van der Waals surface area contributed by atoms with E-state index in [1.165, 1.54) is 18.0 Å². The molecule has 1 rings (SSSR count). The van der Waals surface area contributed by atoms with E-state index in [4.69, 9.17) is 10.6 Å². The van der Waals surface area contributed by atoms with Crippen molar-refractivity contribution in [3.05, 3.63) is 23.4 Å². The molecule has 54 valence electrons. The number of nitrogens with one attached hydrogen (secondary N) is 1. The van der Waals surface area contributed by atoms with Crippen molar-refractivity contribution in [2.24, 2.45) is 5.73 Å². The molecule has 10 heavy (non-hydrogen) atoms. The minimum absolute atomic E-state index is 0.373. The second kappa shape index (κ2) is 3.48. The van der Waals surface area contributed by atoms with Gasteiger partial charge in [0.25, 0.3) is 0 Å². The molecule has 5 heteroatoms. The fourth-order valence-corrected chi connectivity index (χ4v) is 1.18. The summed E-state index contributed by atoms with van der Waals surface area (Å²) in [6.07, 6.45) is 5.12. The van der Waals surface area contributed by atoms with Crippen LogP contribution in [0.2, 0.25) is 0 Å². The molecule has 1 aliphatic heterocycles. The van der Waals surface area contributed by atoms with Gasteiger partial charge in [0.2, 0.25) is 0 Å². The van der Waals surface area contributed by atoms with Gasteiger partial charge in [-0.25, -0.2) is 5.48 Å². The predicted molar refractivity (Wildman–Crippen MR) is 45.8 cm³/mol. The van der Waals surface area contributed by atoms with Gasteiger partial charge < -0.3 is 10.6 Å². The fraction of sp³-hybridized carbons (Fsp3) is 0. The third-order valence-electron chi connectivity index (χ3n) is 0.764.